The zero-order valence-electron chi connectivity index (χ0n) is 10.9. The molecule has 2 rings (SSSR count). The molecule has 0 bridgehead atoms. The van der Waals surface area contributed by atoms with Gasteiger partial charge in [-0.05, 0) is 37.3 Å². The van der Waals surface area contributed by atoms with Crippen LogP contribution in [0.25, 0.3) is 0 Å². The van der Waals surface area contributed by atoms with Crippen LogP contribution in [-0.2, 0) is 0 Å². The molecule has 1 fully saturated rings. The van der Waals surface area contributed by atoms with E-state index in [1.807, 2.05) is 0 Å². The van der Waals surface area contributed by atoms with Crippen LogP contribution in [0.15, 0.2) is 12.1 Å². The monoisotopic (exact) mass is 264 g/mol. The quantitative estimate of drug-likeness (QED) is 0.815. The maximum Gasteiger partial charge on any atom is 0.269 e. The first-order valence-electron chi connectivity index (χ1n) is 6.67. The number of nitrogens with zero attached hydrogens (tertiary/aromatic N) is 2. The molecule has 2 atom stereocenters. The van der Waals surface area contributed by atoms with Gasteiger partial charge in [-0.3, -0.25) is 4.79 Å². The SMILES string of the molecule is NCC1CCCCC1COc1ccc(C(N)=O)nn1. The number of ether oxygens (including phenoxy) is 1. The van der Waals surface area contributed by atoms with E-state index in [1.54, 1.807) is 6.07 Å². The second-order valence-corrected chi connectivity index (χ2v) is 4.97. The lowest BCUT2D eigenvalue weighted by Gasteiger charge is -2.30. The van der Waals surface area contributed by atoms with Gasteiger partial charge in [-0.2, -0.15) is 0 Å². The van der Waals surface area contributed by atoms with E-state index in [9.17, 15) is 4.79 Å². The van der Waals surface area contributed by atoms with Crippen LogP contribution in [0, 0.1) is 11.8 Å². The number of rotatable bonds is 5. The van der Waals surface area contributed by atoms with Crippen molar-refractivity contribution in [2.75, 3.05) is 13.2 Å². The molecule has 1 heterocycles. The summed E-state index contributed by atoms with van der Waals surface area (Å²) in [4.78, 5) is 10.9. The number of amides is 1. The normalized spacial score (nSPS) is 23.0. The Bertz CT molecular complexity index is 421. The van der Waals surface area contributed by atoms with Crippen LogP contribution in [0.2, 0.25) is 0 Å². The van der Waals surface area contributed by atoms with E-state index in [0.29, 0.717) is 30.9 Å². The van der Waals surface area contributed by atoms with E-state index in [4.69, 9.17) is 16.2 Å². The lowest BCUT2D eigenvalue weighted by atomic mass is 9.80. The fourth-order valence-electron chi connectivity index (χ4n) is 2.54. The molecule has 1 amide bonds. The number of hydrogen-bond acceptors (Lipinski definition) is 5. The van der Waals surface area contributed by atoms with Crippen LogP contribution in [0.1, 0.15) is 36.2 Å². The first-order chi connectivity index (χ1) is 9.20. The van der Waals surface area contributed by atoms with Crippen LogP contribution in [0.5, 0.6) is 5.88 Å². The molecule has 1 aromatic heterocycles. The Morgan fingerprint density at radius 1 is 1.26 bits per heavy atom. The third-order valence-electron chi connectivity index (χ3n) is 3.71. The topological polar surface area (TPSA) is 104 Å². The van der Waals surface area contributed by atoms with Gasteiger partial charge in [-0.25, -0.2) is 0 Å². The summed E-state index contributed by atoms with van der Waals surface area (Å²) in [7, 11) is 0. The molecule has 0 aromatic carbocycles. The molecule has 0 aliphatic heterocycles. The van der Waals surface area contributed by atoms with E-state index < -0.39 is 5.91 Å². The Morgan fingerprint density at radius 3 is 2.58 bits per heavy atom. The Morgan fingerprint density at radius 2 is 2.00 bits per heavy atom. The van der Waals surface area contributed by atoms with E-state index >= 15 is 0 Å². The summed E-state index contributed by atoms with van der Waals surface area (Å²) in [5.74, 6) is 0.851. The van der Waals surface area contributed by atoms with Crippen LogP contribution < -0.4 is 16.2 Å². The van der Waals surface area contributed by atoms with Gasteiger partial charge < -0.3 is 16.2 Å². The third-order valence-corrected chi connectivity index (χ3v) is 3.71. The highest BCUT2D eigenvalue weighted by Gasteiger charge is 2.24. The van der Waals surface area contributed by atoms with Crippen molar-refractivity contribution in [3.05, 3.63) is 17.8 Å². The van der Waals surface area contributed by atoms with E-state index in [0.717, 1.165) is 6.42 Å². The summed E-state index contributed by atoms with van der Waals surface area (Å²) >= 11 is 0. The minimum absolute atomic E-state index is 0.143. The molecule has 1 aliphatic carbocycles. The largest absolute Gasteiger partial charge is 0.476 e. The molecular weight excluding hydrogens is 244 g/mol. The molecule has 0 radical (unpaired) electrons. The van der Waals surface area contributed by atoms with Crippen molar-refractivity contribution < 1.29 is 9.53 Å². The third kappa shape index (κ3) is 3.64. The predicted molar refractivity (Wildman–Crippen MR) is 70.5 cm³/mol. The standard InChI is InChI=1S/C13H20N4O2/c14-7-9-3-1-2-4-10(9)8-19-12-6-5-11(13(15)18)16-17-12/h5-6,9-10H,1-4,7-8,14H2,(H2,15,18). The van der Waals surface area contributed by atoms with Crippen molar-refractivity contribution in [2.45, 2.75) is 25.7 Å². The summed E-state index contributed by atoms with van der Waals surface area (Å²) in [5.41, 5.74) is 11.0. The van der Waals surface area contributed by atoms with E-state index in [1.165, 1.54) is 25.3 Å². The van der Waals surface area contributed by atoms with Crippen molar-refractivity contribution >= 4 is 5.91 Å². The number of aromatic nitrogens is 2. The Labute approximate surface area is 112 Å². The molecule has 1 saturated carbocycles. The lowest BCUT2D eigenvalue weighted by molar-refractivity contribution is 0.0994. The molecule has 104 valence electrons. The molecular formula is C13H20N4O2. The van der Waals surface area contributed by atoms with Crippen LogP contribution in [0.4, 0.5) is 0 Å². The smallest absolute Gasteiger partial charge is 0.269 e. The Kier molecular flexibility index (Phi) is 4.68. The van der Waals surface area contributed by atoms with E-state index in [-0.39, 0.29) is 5.69 Å². The molecule has 6 nitrogen and oxygen atoms in total. The van der Waals surface area contributed by atoms with Gasteiger partial charge in [0.2, 0.25) is 5.88 Å². The lowest BCUT2D eigenvalue weighted by Crippen LogP contribution is -2.30. The zero-order chi connectivity index (χ0) is 13.7. The van der Waals surface area contributed by atoms with Gasteiger partial charge in [0, 0.05) is 6.07 Å². The average Bonchev–Trinajstić information content (AvgIpc) is 2.45. The Hall–Kier alpha value is -1.69. The second kappa shape index (κ2) is 6.47. The van der Waals surface area contributed by atoms with Crippen LogP contribution in [-0.4, -0.2) is 29.3 Å². The summed E-state index contributed by atoms with van der Waals surface area (Å²) < 4.78 is 5.63. The zero-order valence-corrected chi connectivity index (χ0v) is 10.9. The van der Waals surface area contributed by atoms with Gasteiger partial charge in [-0.15, -0.1) is 10.2 Å². The minimum Gasteiger partial charge on any atom is -0.476 e. The summed E-state index contributed by atoms with van der Waals surface area (Å²) in [5, 5.41) is 7.54. The van der Waals surface area contributed by atoms with Gasteiger partial charge in [0.05, 0.1) is 6.61 Å². The van der Waals surface area contributed by atoms with Gasteiger partial charge in [0.25, 0.3) is 5.91 Å². The molecule has 6 heteroatoms. The molecule has 4 N–H and O–H groups in total. The Balaban J connectivity index is 1.88. The van der Waals surface area contributed by atoms with Crippen molar-refractivity contribution in [1.82, 2.24) is 10.2 Å². The number of carbonyl (C=O) groups is 1. The van der Waals surface area contributed by atoms with Crippen LogP contribution in [0.3, 0.4) is 0 Å². The summed E-state index contributed by atoms with van der Waals surface area (Å²) in [6.07, 6.45) is 4.81. The highest BCUT2D eigenvalue weighted by atomic mass is 16.5. The number of carbonyl (C=O) groups excluding carboxylic acids is 1. The van der Waals surface area contributed by atoms with E-state index in [2.05, 4.69) is 10.2 Å². The molecule has 1 aromatic rings. The molecule has 19 heavy (non-hydrogen) atoms. The fourth-order valence-corrected chi connectivity index (χ4v) is 2.54. The van der Waals surface area contributed by atoms with Crippen molar-refractivity contribution in [1.29, 1.82) is 0 Å². The highest BCUT2D eigenvalue weighted by Crippen LogP contribution is 2.29. The average molecular weight is 264 g/mol. The summed E-state index contributed by atoms with van der Waals surface area (Å²) in [6.45, 7) is 1.31. The van der Waals surface area contributed by atoms with Gasteiger partial charge >= 0.3 is 0 Å². The predicted octanol–water partition coefficient (Wildman–Crippen LogP) is 0.719. The number of nitrogens with two attached hydrogens (primary N) is 2. The van der Waals surface area contributed by atoms with Crippen molar-refractivity contribution in [2.24, 2.45) is 23.3 Å². The van der Waals surface area contributed by atoms with Crippen LogP contribution >= 0.6 is 0 Å². The van der Waals surface area contributed by atoms with Crippen molar-refractivity contribution in [3.8, 4) is 5.88 Å². The second-order valence-electron chi connectivity index (χ2n) is 4.97. The summed E-state index contributed by atoms with van der Waals surface area (Å²) in [6, 6.07) is 3.14. The number of hydrogen-bond donors (Lipinski definition) is 2. The molecule has 1 aliphatic rings. The molecule has 0 spiro atoms. The fraction of sp³-hybridized carbons (Fsp3) is 0.615. The maximum absolute atomic E-state index is 10.9. The van der Waals surface area contributed by atoms with Gasteiger partial charge in [0.15, 0.2) is 5.69 Å². The molecule has 0 saturated heterocycles. The highest BCUT2D eigenvalue weighted by molar-refractivity contribution is 5.90. The van der Waals surface area contributed by atoms with Crippen molar-refractivity contribution in [3.63, 3.8) is 0 Å². The first kappa shape index (κ1) is 13.7. The maximum atomic E-state index is 10.9. The minimum atomic E-state index is -0.588. The van der Waals surface area contributed by atoms with Gasteiger partial charge in [0.1, 0.15) is 0 Å². The first-order valence-corrected chi connectivity index (χ1v) is 6.67. The number of primary amides is 1. The molecule has 2 unspecified atom stereocenters. The van der Waals surface area contributed by atoms with Gasteiger partial charge in [-0.1, -0.05) is 12.8 Å².